The van der Waals surface area contributed by atoms with E-state index in [0.29, 0.717) is 12.3 Å². The summed E-state index contributed by atoms with van der Waals surface area (Å²) in [6.07, 6.45) is 6.62. The van der Waals surface area contributed by atoms with Crippen LogP contribution >= 0.6 is 0 Å². The average molecular weight is 420 g/mol. The number of ether oxygens (including phenoxy) is 1. The van der Waals surface area contributed by atoms with Gasteiger partial charge in [0.2, 0.25) is 0 Å². The van der Waals surface area contributed by atoms with Gasteiger partial charge in [0.1, 0.15) is 5.75 Å². The number of aromatic nitrogens is 2. The molecule has 0 saturated carbocycles. The normalized spacial score (nSPS) is 15.5. The van der Waals surface area contributed by atoms with E-state index in [4.69, 9.17) is 4.74 Å². The topological polar surface area (TPSA) is 47.4 Å². The van der Waals surface area contributed by atoms with Crippen molar-refractivity contribution >= 4 is 11.0 Å². The highest BCUT2D eigenvalue weighted by Crippen LogP contribution is 2.23. The summed E-state index contributed by atoms with van der Waals surface area (Å²) in [5.74, 6) is 1.48. The molecular formula is C26H33N3O2. The molecule has 5 nitrogen and oxygen atoms in total. The molecule has 3 heterocycles. The number of aryl methyl sites for hydroxylation is 3. The summed E-state index contributed by atoms with van der Waals surface area (Å²) in [5, 5.41) is 0. The number of fused-ring (bicyclic) bond motifs is 1. The van der Waals surface area contributed by atoms with Crippen LogP contribution in [0.15, 0.2) is 47.4 Å². The summed E-state index contributed by atoms with van der Waals surface area (Å²) < 4.78 is 7.13. The Hall–Kier alpha value is -2.66. The van der Waals surface area contributed by atoms with Gasteiger partial charge in [-0.2, -0.15) is 0 Å². The maximum Gasteiger partial charge on any atom is 0.251 e. The van der Waals surface area contributed by atoms with Gasteiger partial charge in [-0.15, -0.1) is 0 Å². The molecule has 0 unspecified atom stereocenters. The molecule has 0 radical (unpaired) electrons. The molecule has 0 atom stereocenters. The number of methoxy groups -OCH3 is 1. The van der Waals surface area contributed by atoms with Crippen LogP contribution in [0.2, 0.25) is 0 Å². The fraction of sp³-hybridized carbons (Fsp3) is 0.462. The van der Waals surface area contributed by atoms with Crippen molar-refractivity contribution < 1.29 is 4.74 Å². The van der Waals surface area contributed by atoms with Gasteiger partial charge in [-0.05, 0) is 81.3 Å². The molecule has 1 aliphatic heterocycles. The number of likely N-dealkylation sites (tertiary alicyclic amines) is 1. The van der Waals surface area contributed by atoms with Crippen molar-refractivity contribution in [2.45, 2.75) is 46.1 Å². The van der Waals surface area contributed by atoms with Crippen molar-refractivity contribution in [1.82, 2.24) is 14.5 Å². The van der Waals surface area contributed by atoms with Crippen LogP contribution in [0.25, 0.3) is 11.0 Å². The lowest BCUT2D eigenvalue weighted by molar-refractivity contribution is 0.174. The lowest BCUT2D eigenvalue weighted by Gasteiger charge is -2.32. The van der Waals surface area contributed by atoms with Crippen LogP contribution in [-0.2, 0) is 13.0 Å². The van der Waals surface area contributed by atoms with E-state index in [1.807, 2.05) is 10.6 Å². The molecule has 5 heteroatoms. The van der Waals surface area contributed by atoms with Gasteiger partial charge in [-0.1, -0.05) is 18.2 Å². The standard InChI is InChI=1S/C26H33N3O2/c1-19-4-5-22(16-20(19)2)7-6-21-10-12-28(13-11-21)14-15-29-25-17-23(31-3)18-27-24(25)8-9-26(29)30/h4-5,8-9,16-18,21H,6-7,10-15H2,1-3H3. The van der Waals surface area contributed by atoms with E-state index in [2.05, 4.69) is 41.9 Å². The van der Waals surface area contributed by atoms with E-state index in [1.54, 1.807) is 25.4 Å². The van der Waals surface area contributed by atoms with Crippen molar-refractivity contribution in [2.24, 2.45) is 5.92 Å². The van der Waals surface area contributed by atoms with Crippen LogP contribution in [0.4, 0.5) is 0 Å². The smallest absolute Gasteiger partial charge is 0.251 e. The summed E-state index contributed by atoms with van der Waals surface area (Å²) >= 11 is 0. The van der Waals surface area contributed by atoms with E-state index < -0.39 is 0 Å². The molecule has 31 heavy (non-hydrogen) atoms. The van der Waals surface area contributed by atoms with E-state index in [9.17, 15) is 4.79 Å². The van der Waals surface area contributed by atoms with Crippen molar-refractivity contribution in [2.75, 3.05) is 26.7 Å². The lowest BCUT2D eigenvalue weighted by Crippen LogP contribution is -2.37. The fourth-order valence-electron chi connectivity index (χ4n) is 4.56. The van der Waals surface area contributed by atoms with Gasteiger partial charge in [0, 0.05) is 25.2 Å². The molecular weight excluding hydrogens is 386 g/mol. The highest BCUT2D eigenvalue weighted by molar-refractivity contribution is 5.75. The number of hydrogen-bond donors (Lipinski definition) is 0. The van der Waals surface area contributed by atoms with E-state index in [0.717, 1.165) is 36.6 Å². The Bertz CT molecular complexity index is 1100. The van der Waals surface area contributed by atoms with Gasteiger partial charge in [0.05, 0.1) is 24.3 Å². The van der Waals surface area contributed by atoms with Gasteiger partial charge < -0.3 is 14.2 Å². The van der Waals surface area contributed by atoms with Crippen molar-refractivity contribution in [3.8, 4) is 5.75 Å². The Morgan fingerprint density at radius 2 is 1.84 bits per heavy atom. The molecule has 0 spiro atoms. The summed E-state index contributed by atoms with van der Waals surface area (Å²) in [4.78, 5) is 19.4. The number of piperidine rings is 1. The summed E-state index contributed by atoms with van der Waals surface area (Å²) in [6, 6.07) is 12.2. The molecule has 1 aromatic carbocycles. The second kappa shape index (κ2) is 9.65. The fourth-order valence-corrected chi connectivity index (χ4v) is 4.56. The second-order valence-electron chi connectivity index (χ2n) is 8.85. The van der Waals surface area contributed by atoms with Crippen molar-refractivity contribution in [1.29, 1.82) is 0 Å². The molecule has 1 saturated heterocycles. The van der Waals surface area contributed by atoms with Crippen LogP contribution in [0.3, 0.4) is 0 Å². The lowest BCUT2D eigenvalue weighted by atomic mass is 9.90. The van der Waals surface area contributed by atoms with Crippen LogP contribution in [-0.4, -0.2) is 41.2 Å². The third-order valence-corrected chi connectivity index (χ3v) is 6.81. The molecule has 1 fully saturated rings. The molecule has 0 amide bonds. The zero-order chi connectivity index (χ0) is 21.8. The minimum atomic E-state index is 0.0193. The Kier molecular flexibility index (Phi) is 6.71. The Morgan fingerprint density at radius 1 is 1.03 bits per heavy atom. The van der Waals surface area contributed by atoms with Gasteiger partial charge in [0.25, 0.3) is 5.56 Å². The molecule has 3 aromatic rings. The molecule has 0 aliphatic carbocycles. The SMILES string of the molecule is COc1cnc2ccc(=O)n(CCN3CCC(CCc4ccc(C)c(C)c4)CC3)c2c1. The first-order chi connectivity index (χ1) is 15.0. The van der Waals surface area contributed by atoms with Crippen LogP contribution in [0, 0.1) is 19.8 Å². The van der Waals surface area contributed by atoms with E-state index in [-0.39, 0.29) is 5.56 Å². The Morgan fingerprint density at radius 3 is 2.58 bits per heavy atom. The molecule has 2 aromatic heterocycles. The predicted octanol–water partition coefficient (Wildman–Crippen LogP) is 4.37. The molecule has 164 valence electrons. The first kappa shape index (κ1) is 21.6. The molecule has 4 rings (SSSR count). The van der Waals surface area contributed by atoms with Crippen LogP contribution in [0.5, 0.6) is 5.75 Å². The molecule has 1 aliphatic rings. The van der Waals surface area contributed by atoms with Crippen LogP contribution < -0.4 is 10.3 Å². The number of benzene rings is 1. The highest BCUT2D eigenvalue weighted by atomic mass is 16.5. The van der Waals surface area contributed by atoms with Crippen molar-refractivity contribution in [3.05, 3.63) is 69.6 Å². The third kappa shape index (κ3) is 5.16. The van der Waals surface area contributed by atoms with Gasteiger partial charge in [-0.3, -0.25) is 9.78 Å². The number of nitrogens with zero attached hydrogens (tertiary/aromatic N) is 3. The summed E-state index contributed by atoms with van der Waals surface area (Å²) in [7, 11) is 1.62. The minimum absolute atomic E-state index is 0.0193. The number of hydrogen-bond acceptors (Lipinski definition) is 4. The summed E-state index contributed by atoms with van der Waals surface area (Å²) in [5.41, 5.74) is 5.91. The second-order valence-corrected chi connectivity index (χ2v) is 8.85. The van der Waals surface area contributed by atoms with Crippen molar-refractivity contribution in [3.63, 3.8) is 0 Å². The largest absolute Gasteiger partial charge is 0.495 e. The van der Waals surface area contributed by atoms with Gasteiger partial charge in [0.15, 0.2) is 0 Å². The quantitative estimate of drug-likeness (QED) is 0.571. The monoisotopic (exact) mass is 419 g/mol. The maximum atomic E-state index is 12.5. The highest BCUT2D eigenvalue weighted by Gasteiger charge is 2.19. The number of pyridine rings is 2. The zero-order valence-corrected chi connectivity index (χ0v) is 18.9. The zero-order valence-electron chi connectivity index (χ0n) is 18.9. The first-order valence-corrected chi connectivity index (χ1v) is 11.4. The molecule has 0 N–H and O–H groups in total. The van der Waals surface area contributed by atoms with Gasteiger partial charge >= 0.3 is 0 Å². The Balaban J connectivity index is 1.31. The van der Waals surface area contributed by atoms with E-state index in [1.165, 1.54) is 42.4 Å². The predicted molar refractivity (Wildman–Crippen MR) is 126 cm³/mol. The minimum Gasteiger partial charge on any atom is -0.495 e. The third-order valence-electron chi connectivity index (χ3n) is 6.81. The van der Waals surface area contributed by atoms with Gasteiger partial charge in [-0.25, -0.2) is 0 Å². The Labute approximate surface area is 184 Å². The van der Waals surface area contributed by atoms with Crippen LogP contribution in [0.1, 0.15) is 36.0 Å². The average Bonchev–Trinajstić information content (AvgIpc) is 2.79. The summed E-state index contributed by atoms with van der Waals surface area (Å²) in [6.45, 7) is 8.16. The van der Waals surface area contributed by atoms with E-state index >= 15 is 0 Å². The first-order valence-electron chi connectivity index (χ1n) is 11.4. The number of rotatable bonds is 7. The maximum absolute atomic E-state index is 12.5. The molecule has 0 bridgehead atoms.